The second-order valence-electron chi connectivity index (χ2n) is 4.51. The SMILES string of the molecule is CCC(Nc1cc(OC)ccc1Br)c1cccc(Br)c1. The van der Waals surface area contributed by atoms with Crippen LogP contribution < -0.4 is 10.1 Å². The van der Waals surface area contributed by atoms with E-state index < -0.39 is 0 Å². The number of benzene rings is 2. The first-order valence-electron chi connectivity index (χ1n) is 6.49. The second-order valence-corrected chi connectivity index (χ2v) is 6.28. The van der Waals surface area contributed by atoms with E-state index in [-0.39, 0.29) is 6.04 Å². The van der Waals surface area contributed by atoms with Crippen molar-refractivity contribution in [2.75, 3.05) is 12.4 Å². The van der Waals surface area contributed by atoms with Crippen LogP contribution in [-0.4, -0.2) is 7.11 Å². The maximum absolute atomic E-state index is 5.28. The lowest BCUT2D eigenvalue weighted by Gasteiger charge is -2.20. The van der Waals surface area contributed by atoms with Gasteiger partial charge in [-0.2, -0.15) is 0 Å². The van der Waals surface area contributed by atoms with Gasteiger partial charge >= 0.3 is 0 Å². The summed E-state index contributed by atoms with van der Waals surface area (Å²) in [4.78, 5) is 0. The third-order valence-corrected chi connectivity index (χ3v) is 4.35. The summed E-state index contributed by atoms with van der Waals surface area (Å²) in [5, 5.41) is 3.57. The molecule has 0 aliphatic heterocycles. The fourth-order valence-electron chi connectivity index (χ4n) is 2.07. The van der Waals surface area contributed by atoms with Crippen molar-refractivity contribution < 1.29 is 4.74 Å². The van der Waals surface area contributed by atoms with Crippen molar-refractivity contribution in [1.82, 2.24) is 0 Å². The van der Waals surface area contributed by atoms with Crippen molar-refractivity contribution in [2.45, 2.75) is 19.4 Å². The normalized spacial score (nSPS) is 12.0. The fraction of sp³-hybridized carbons (Fsp3) is 0.250. The van der Waals surface area contributed by atoms with Crippen LogP contribution in [-0.2, 0) is 0 Å². The van der Waals surface area contributed by atoms with E-state index in [1.54, 1.807) is 7.11 Å². The van der Waals surface area contributed by atoms with Crippen LogP contribution in [0.5, 0.6) is 5.75 Å². The molecular formula is C16H17Br2NO. The lowest BCUT2D eigenvalue weighted by Crippen LogP contribution is -2.10. The Hall–Kier alpha value is -1.00. The van der Waals surface area contributed by atoms with Gasteiger partial charge in [0.25, 0.3) is 0 Å². The first-order valence-corrected chi connectivity index (χ1v) is 8.08. The summed E-state index contributed by atoms with van der Waals surface area (Å²) in [5.41, 5.74) is 2.30. The molecule has 0 bridgehead atoms. The monoisotopic (exact) mass is 397 g/mol. The van der Waals surface area contributed by atoms with E-state index in [4.69, 9.17) is 4.74 Å². The highest BCUT2D eigenvalue weighted by atomic mass is 79.9. The quantitative estimate of drug-likeness (QED) is 0.688. The third-order valence-electron chi connectivity index (χ3n) is 3.16. The molecule has 1 atom stereocenters. The van der Waals surface area contributed by atoms with Crippen molar-refractivity contribution in [1.29, 1.82) is 0 Å². The molecule has 106 valence electrons. The molecule has 0 saturated heterocycles. The van der Waals surface area contributed by atoms with Crippen molar-refractivity contribution >= 4 is 37.5 Å². The summed E-state index contributed by atoms with van der Waals surface area (Å²) in [7, 11) is 1.68. The molecule has 1 N–H and O–H groups in total. The first kappa shape index (κ1) is 15.4. The number of rotatable bonds is 5. The lowest BCUT2D eigenvalue weighted by molar-refractivity contribution is 0.415. The van der Waals surface area contributed by atoms with Gasteiger partial charge in [-0.15, -0.1) is 0 Å². The fourth-order valence-corrected chi connectivity index (χ4v) is 2.85. The van der Waals surface area contributed by atoms with E-state index >= 15 is 0 Å². The summed E-state index contributed by atoms with van der Waals surface area (Å²) in [5.74, 6) is 0.847. The minimum atomic E-state index is 0.260. The van der Waals surface area contributed by atoms with Gasteiger partial charge in [-0.3, -0.25) is 0 Å². The minimum Gasteiger partial charge on any atom is -0.497 e. The molecule has 2 aromatic carbocycles. The zero-order chi connectivity index (χ0) is 14.5. The zero-order valence-corrected chi connectivity index (χ0v) is 14.7. The van der Waals surface area contributed by atoms with Crippen LogP contribution in [0.4, 0.5) is 5.69 Å². The summed E-state index contributed by atoms with van der Waals surface area (Å²) in [6, 6.07) is 14.6. The van der Waals surface area contributed by atoms with Crippen molar-refractivity contribution in [3.05, 3.63) is 57.0 Å². The molecule has 0 spiro atoms. The van der Waals surface area contributed by atoms with Gasteiger partial charge in [-0.25, -0.2) is 0 Å². The molecular weight excluding hydrogens is 382 g/mol. The van der Waals surface area contributed by atoms with E-state index in [1.165, 1.54) is 5.56 Å². The zero-order valence-electron chi connectivity index (χ0n) is 11.5. The van der Waals surface area contributed by atoms with E-state index in [0.29, 0.717) is 0 Å². The molecule has 2 rings (SSSR count). The average Bonchev–Trinajstić information content (AvgIpc) is 2.46. The summed E-state index contributed by atoms with van der Waals surface area (Å²) in [6.45, 7) is 2.17. The van der Waals surface area contributed by atoms with Gasteiger partial charge in [0.15, 0.2) is 0 Å². The molecule has 0 aliphatic rings. The Morgan fingerprint density at radius 1 is 1.15 bits per heavy atom. The number of nitrogens with one attached hydrogen (secondary N) is 1. The Morgan fingerprint density at radius 2 is 1.95 bits per heavy atom. The van der Waals surface area contributed by atoms with Gasteiger partial charge in [0.1, 0.15) is 5.75 Å². The van der Waals surface area contributed by atoms with Gasteiger partial charge in [0.05, 0.1) is 18.8 Å². The third kappa shape index (κ3) is 3.76. The van der Waals surface area contributed by atoms with Crippen LogP contribution in [0.3, 0.4) is 0 Å². The molecule has 0 fully saturated rings. The Labute approximate surface area is 136 Å². The van der Waals surface area contributed by atoms with E-state index in [9.17, 15) is 0 Å². The van der Waals surface area contributed by atoms with Crippen molar-refractivity contribution in [3.8, 4) is 5.75 Å². The van der Waals surface area contributed by atoms with Crippen LogP contribution in [0, 0.1) is 0 Å². The van der Waals surface area contributed by atoms with Crippen LogP contribution in [0.15, 0.2) is 51.4 Å². The molecule has 4 heteroatoms. The maximum Gasteiger partial charge on any atom is 0.121 e. The van der Waals surface area contributed by atoms with Crippen molar-refractivity contribution in [3.63, 3.8) is 0 Å². The number of hydrogen-bond donors (Lipinski definition) is 1. The number of anilines is 1. The molecule has 0 radical (unpaired) electrons. The largest absolute Gasteiger partial charge is 0.497 e. The van der Waals surface area contributed by atoms with Gasteiger partial charge in [-0.05, 0) is 52.2 Å². The van der Waals surface area contributed by atoms with Crippen LogP contribution >= 0.6 is 31.9 Å². The molecule has 0 heterocycles. The second kappa shape index (κ2) is 7.14. The first-order chi connectivity index (χ1) is 9.63. The molecule has 1 unspecified atom stereocenters. The molecule has 2 nitrogen and oxygen atoms in total. The minimum absolute atomic E-state index is 0.260. The molecule has 20 heavy (non-hydrogen) atoms. The number of halogens is 2. The lowest BCUT2D eigenvalue weighted by atomic mass is 10.0. The molecule has 2 aromatic rings. The van der Waals surface area contributed by atoms with Gasteiger partial charge < -0.3 is 10.1 Å². The van der Waals surface area contributed by atoms with E-state index in [1.807, 2.05) is 24.3 Å². The van der Waals surface area contributed by atoms with Gasteiger partial charge in [0.2, 0.25) is 0 Å². The summed E-state index contributed by atoms with van der Waals surface area (Å²) >= 11 is 7.10. The van der Waals surface area contributed by atoms with Crippen LogP contribution in [0.1, 0.15) is 24.9 Å². The predicted octanol–water partition coefficient (Wildman–Crippen LogP) is 5.78. The Kier molecular flexibility index (Phi) is 5.49. The topological polar surface area (TPSA) is 21.3 Å². The predicted molar refractivity (Wildman–Crippen MR) is 91.5 cm³/mol. The average molecular weight is 399 g/mol. The molecule has 0 aromatic heterocycles. The Morgan fingerprint density at radius 3 is 2.60 bits per heavy atom. The Bertz CT molecular complexity index is 586. The van der Waals surface area contributed by atoms with E-state index in [0.717, 1.165) is 26.8 Å². The van der Waals surface area contributed by atoms with Crippen LogP contribution in [0.2, 0.25) is 0 Å². The summed E-state index contributed by atoms with van der Waals surface area (Å²) in [6.07, 6.45) is 1.00. The number of methoxy groups -OCH3 is 1. The standard InChI is InChI=1S/C16H17Br2NO/c1-3-15(11-5-4-6-12(17)9-11)19-16-10-13(20-2)7-8-14(16)18/h4-10,15,19H,3H2,1-2H3. The smallest absolute Gasteiger partial charge is 0.121 e. The highest BCUT2D eigenvalue weighted by molar-refractivity contribution is 9.10. The molecule has 0 amide bonds. The maximum atomic E-state index is 5.28. The Balaban J connectivity index is 2.26. The van der Waals surface area contributed by atoms with Crippen LogP contribution in [0.25, 0.3) is 0 Å². The molecule has 0 aliphatic carbocycles. The molecule has 0 saturated carbocycles. The highest BCUT2D eigenvalue weighted by Gasteiger charge is 2.11. The van der Waals surface area contributed by atoms with Crippen molar-refractivity contribution in [2.24, 2.45) is 0 Å². The van der Waals surface area contributed by atoms with Gasteiger partial charge in [-0.1, -0.05) is 35.0 Å². The number of ether oxygens (including phenoxy) is 1. The van der Waals surface area contributed by atoms with E-state index in [2.05, 4.69) is 62.3 Å². The van der Waals surface area contributed by atoms with Gasteiger partial charge in [0, 0.05) is 15.0 Å². The number of hydrogen-bond acceptors (Lipinski definition) is 2. The highest BCUT2D eigenvalue weighted by Crippen LogP contribution is 2.32. The summed E-state index contributed by atoms with van der Waals surface area (Å²) < 4.78 is 7.41.